The van der Waals surface area contributed by atoms with E-state index < -0.39 is 0 Å². The van der Waals surface area contributed by atoms with Gasteiger partial charge >= 0.3 is 0 Å². The van der Waals surface area contributed by atoms with Crippen molar-refractivity contribution in [2.45, 2.75) is 20.3 Å². The molecule has 0 saturated heterocycles. The molecule has 0 saturated carbocycles. The summed E-state index contributed by atoms with van der Waals surface area (Å²) >= 11 is 0. The fourth-order valence-corrected chi connectivity index (χ4v) is 1.48. The van der Waals surface area contributed by atoms with Crippen LogP contribution in [0.25, 0.3) is 0 Å². The summed E-state index contributed by atoms with van der Waals surface area (Å²) in [5.74, 6) is 0.599. The van der Waals surface area contributed by atoms with Gasteiger partial charge in [-0.05, 0) is 19.9 Å². The minimum Gasteiger partial charge on any atom is -0.469 e. The first-order valence-corrected chi connectivity index (χ1v) is 5.39. The third-order valence-electron chi connectivity index (χ3n) is 2.52. The van der Waals surface area contributed by atoms with Crippen molar-refractivity contribution in [3.05, 3.63) is 23.7 Å². The van der Waals surface area contributed by atoms with Crippen molar-refractivity contribution >= 4 is 11.7 Å². The van der Waals surface area contributed by atoms with Gasteiger partial charge in [0.25, 0.3) is 5.91 Å². The number of nitrogens with two attached hydrogens (primary N) is 1. The quantitative estimate of drug-likeness (QED) is 0.349. The SMILES string of the molecule is CCN(CC/C(N)=N/O)C(=O)c1ccoc1C. The third-order valence-corrected chi connectivity index (χ3v) is 2.52. The summed E-state index contributed by atoms with van der Waals surface area (Å²) in [6, 6.07) is 1.64. The predicted molar refractivity (Wildman–Crippen MR) is 63.0 cm³/mol. The molecule has 0 spiro atoms. The molecule has 0 aliphatic heterocycles. The van der Waals surface area contributed by atoms with Gasteiger partial charge in [-0.2, -0.15) is 0 Å². The Morgan fingerprint density at radius 3 is 2.82 bits per heavy atom. The number of rotatable bonds is 5. The Morgan fingerprint density at radius 2 is 2.35 bits per heavy atom. The largest absolute Gasteiger partial charge is 0.469 e. The van der Waals surface area contributed by atoms with Crippen LogP contribution in [0, 0.1) is 6.92 Å². The molecule has 6 heteroatoms. The smallest absolute Gasteiger partial charge is 0.257 e. The lowest BCUT2D eigenvalue weighted by molar-refractivity contribution is 0.0766. The van der Waals surface area contributed by atoms with Crippen molar-refractivity contribution in [3.8, 4) is 0 Å². The molecule has 0 unspecified atom stereocenters. The molecule has 6 nitrogen and oxygen atoms in total. The molecule has 0 atom stereocenters. The number of amidine groups is 1. The second kappa shape index (κ2) is 5.93. The molecule has 0 radical (unpaired) electrons. The fourth-order valence-electron chi connectivity index (χ4n) is 1.48. The van der Waals surface area contributed by atoms with Crippen LogP contribution in [0.1, 0.15) is 29.5 Å². The van der Waals surface area contributed by atoms with Gasteiger partial charge in [-0.25, -0.2) is 0 Å². The lowest BCUT2D eigenvalue weighted by atomic mass is 10.2. The van der Waals surface area contributed by atoms with E-state index in [2.05, 4.69) is 5.16 Å². The van der Waals surface area contributed by atoms with Crippen LogP contribution in [0.2, 0.25) is 0 Å². The molecular weight excluding hydrogens is 222 g/mol. The number of carbonyl (C=O) groups is 1. The molecule has 1 amide bonds. The maximum absolute atomic E-state index is 12.1. The van der Waals surface area contributed by atoms with Crippen LogP contribution in [0.4, 0.5) is 0 Å². The van der Waals surface area contributed by atoms with Gasteiger partial charge in [-0.1, -0.05) is 5.16 Å². The van der Waals surface area contributed by atoms with E-state index in [1.54, 1.807) is 17.9 Å². The number of carbonyl (C=O) groups excluding carboxylic acids is 1. The highest BCUT2D eigenvalue weighted by Gasteiger charge is 2.17. The highest BCUT2D eigenvalue weighted by molar-refractivity contribution is 5.95. The predicted octanol–water partition coefficient (Wildman–Crippen LogP) is 1.19. The van der Waals surface area contributed by atoms with E-state index in [1.165, 1.54) is 6.26 Å². The highest BCUT2D eigenvalue weighted by atomic mass is 16.4. The van der Waals surface area contributed by atoms with Gasteiger partial charge < -0.3 is 20.3 Å². The number of hydrogen-bond donors (Lipinski definition) is 2. The van der Waals surface area contributed by atoms with Gasteiger partial charge in [0.1, 0.15) is 11.6 Å². The van der Waals surface area contributed by atoms with Crippen molar-refractivity contribution < 1.29 is 14.4 Å². The van der Waals surface area contributed by atoms with Gasteiger partial charge in [0.2, 0.25) is 0 Å². The molecule has 0 fully saturated rings. The van der Waals surface area contributed by atoms with Crippen LogP contribution < -0.4 is 5.73 Å². The van der Waals surface area contributed by atoms with Crippen LogP contribution in [0.5, 0.6) is 0 Å². The third kappa shape index (κ3) is 3.24. The van der Waals surface area contributed by atoms with E-state index in [0.29, 0.717) is 30.8 Å². The summed E-state index contributed by atoms with van der Waals surface area (Å²) in [5, 5.41) is 11.3. The van der Waals surface area contributed by atoms with E-state index in [0.717, 1.165) is 0 Å². The molecule has 1 heterocycles. The zero-order valence-electron chi connectivity index (χ0n) is 10.0. The minimum absolute atomic E-state index is 0.107. The van der Waals surface area contributed by atoms with Gasteiger partial charge in [0.05, 0.1) is 11.8 Å². The number of aryl methyl sites for hydroxylation is 1. The standard InChI is InChI=1S/C11H17N3O3/c1-3-14(6-4-10(12)13-16)11(15)9-5-7-17-8(9)2/h5,7,16H,3-4,6H2,1-2H3,(H2,12,13). The first-order valence-electron chi connectivity index (χ1n) is 5.39. The number of furan rings is 1. The van der Waals surface area contributed by atoms with Crippen LogP contribution >= 0.6 is 0 Å². The van der Waals surface area contributed by atoms with Crippen LogP contribution in [-0.2, 0) is 0 Å². The zero-order valence-corrected chi connectivity index (χ0v) is 10.0. The van der Waals surface area contributed by atoms with Gasteiger partial charge in [0, 0.05) is 19.5 Å². The topological polar surface area (TPSA) is 92.1 Å². The molecular formula is C11H17N3O3. The second-order valence-corrected chi connectivity index (χ2v) is 3.62. The molecule has 0 aliphatic rings. The van der Waals surface area contributed by atoms with Crippen LogP contribution in [0.15, 0.2) is 21.9 Å². The van der Waals surface area contributed by atoms with Gasteiger partial charge in [-0.15, -0.1) is 0 Å². The Bertz CT molecular complexity index is 412. The summed E-state index contributed by atoms with van der Waals surface area (Å²) < 4.78 is 5.09. The van der Waals surface area contributed by atoms with Crippen molar-refractivity contribution in [1.82, 2.24) is 4.90 Å². The number of nitrogens with zero attached hydrogens (tertiary/aromatic N) is 2. The van der Waals surface area contributed by atoms with E-state index >= 15 is 0 Å². The average molecular weight is 239 g/mol. The summed E-state index contributed by atoms with van der Waals surface area (Å²) in [6.45, 7) is 4.59. The van der Waals surface area contributed by atoms with Crippen molar-refractivity contribution in [2.24, 2.45) is 10.9 Å². The Labute approximate surface area is 99.7 Å². The van der Waals surface area contributed by atoms with E-state index in [1.807, 2.05) is 6.92 Å². The number of amides is 1. The zero-order chi connectivity index (χ0) is 12.8. The normalized spacial score (nSPS) is 11.5. The number of oxime groups is 1. The fraction of sp³-hybridized carbons (Fsp3) is 0.455. The molecule has 0 aromatic carbocycles. The molecule has 17 heavy (non-hydrogen) atoms. The maximum atomic E-state index is 12.1. The van der Waals surface area contributed by atoms with Crippen LogP contribution in [-0.4, -0.2) is 34.9 Å². The lowest BCUT2D eigenvalue weighted by Crippen LogP contribution is -2.34. The number of hydrogen-bond acceptors (Lipinski definition) is 4. The molecule has 0 aliphatic carbocycles. The van der Waals surface area contributed by atoms with Crippen LogP contribution in [0.3, 0.4) is 0 Å². The first kappa shape index (κ1) is 13.1. The molecule has 0 bridgehead atoms. The Hall–Kier alpha value is -1.98. The van der Waals surface area contributed by atoms with Gasteiger partial charge in [0.15, 0.2) is 0 Å². The first-order chi connectivity index (χ1) is 8.10. The summed E-state index contributed by atoms with van der Waals surface area (Å²) in [4.78, 5) is 13.7. The Morgan fingerprint density at radius 1 is 1.65 bits per heavy atom. The minimum atomic E-state index is -0.107. The summed E-state index contributed by atoms with van der Waals surface area (Å²) in [6.07, 6.45) is 1.83. The molecule has 3 N–H and O–H groups in total. The summed E-state index contributed by atoms with van der Waals surface area (Å²) in [7, 11) is 0. The van der Waals surface area contributed by atoms with Gasteiger partial charge in [-0.3, -0.25) is 4.79 Å². The molecule has 1 rings (SSSR count). The van der Waals surface area contributed by atoms with Crippen molar-refractivity contribution in [1.29, 1.82) is 0 Å². The lowest BCUT2D eigenvalue weighted by Gasteiger charge is -2.20. The molecule has 1 aromatic rings. The monoisotopic (exact) mass is 239 g/mol. The van der Waals surface area contributed by atoms with E-state index in [-0.39, 0.29) is 11.7 Å². The molecule has 94 valence electrons. The Balaban J connectivity index is 2.68. The maximum Gasteiger partial charge on any atom is 0.257 e. The molecule has 1 aromatic heterocycles. The van der Waals surface area contributed by atoms with E-state index in [9.17, 15) is 4.79 Å². The van der Waals surface area contributed by atoms with Crippen molar-refractivity contribution in [3.63, 3.8) is 0 Å². The van der Waals surface area contributed by atoms with Crippen molar-refractivity contribution in [2.75, 3.05) is 13.1 Å². The van der Waals surface area contributed by atoms with E-state index in [4.69, 9.17) is 15.4 Å². The average Bonchev–Trinajstić information content (AvgIpc) is 2.75. The summed E-state index contributed by atoms with van der Waals surface area (Å²) in [5.41, 5.74) is 5.92. The second-order valence-electron chi connectivity index (χ2n) is 3.62. The highest BCUT2D eigenvalue weighted by Crippen LogP contribution is 2.12. The Kier molecular flexibility index (Phi) is 4.56.